The van der Waals surface area contributed by atoms with Crippen molar-refractivity contribution in [1.29, 1.82) is 0 Å². The number of hydrogen-bond acceptors (Lipinski definition) is 6. The molecule has 8 heteroatoms. The molecule has 0 saturated carbocycles. The molecule has 2 heterocycles. The summed E-state index contributed by atoms with van der Waals surface area (Å²) in [5.74, 6) is 0. The Morgan fingerprint density at radius 3 is 2.30 bits per heavy atom. The van der Waals surface area contributed by atoms with Gasteiger partial charge in [-0.1, -0.05) is 48.5 Å². The minimum atomic E-state index is -0.512. The molecule has 1 N–H and O–H groups in total. The standard InChI is InChI=1S/C24H30N4O2.C5H10O2/c1-24(2,3)30-23(29)28-14-13-27(16-18-9-5-4-6-10-18)17-19(28)15-22-20-11-7-8-12-21(20)25-26-22;1-5(2,3)7-4-6/h4-12,19H,13-17H2,1-3H3,(H,25,26);4H,1-3H3. The van der Waals surface area contributed by atoms with Crippen LogP contribution in [0.25, 0.3) is 10.9 Å². The number of aromatic amines is 1. The van der Waals surface area contributed by atoms with E-state index in [0.29, 0.717) is 19.4 Å². The van der Waals surface area contributed by atoms with Crippen molar-refractivity contribution in [2.45, 2.75) is 71.8 Å². The molecular formula is C29H40N4O4. The van der Waals surface area contributed by atoms with Gasteiger partial charge in [-0.2, -0.15) is 5.10 Å². The molecule has 37 heavy (non-hydrogen) atoms. The van der Waals surface area contributed by atoms with Crippen LogP contribution in [0.3, 0.4) is 0 Å². The summed E-state index contributed by atoms with van der Waals surface area (Å²) in [6, 6.07) is 18.6. The van der Waals surface area contributed by atoms with E-state index in [0.717, 1.165) is 36.2 Å². The second-order valence-electron chi connectivity index (χ2n) is 11.3. The summed E-state index contributed by atoms with van der Waals surface area (Å²) < 4.78 is 10.3. The number of carbonyl (C=O) groups excluding carboxylic acids is 2. The lowest BCUT2D eigenvalue weighted by atomic mass is 10.0. The van der Waals surface area contributed by atoms with Crippen molar-refractivity contribution < 1.29 is 19.1 Å². The minimum absolute atomic E-state index is 0.00372. The Morgan fingerprint density at radius 2 is 1.68 bits per heavy atom. The average molecular weight is 509 g/mol. The molecule has 1 aromatic heterocycles. The van der Waals surface area contributed by atoms with E-state index in [9.17, 15) is 9.59 Å². The van der Waals surface area contributed by atoms with Gasteiger partial charge in [0.25, 0.3) is 6.47 Å². The largest absolute Gasteiger partial charge is 0.462 e. The van der Waals surface area contributed by atoms with E-state index in [-0.39, 0.29) is 17.7 Å². The Bertz CT molecular complexity index is 1150. The van der Waals surface area contributed by atoms with Gasteiger partial charge >= 0.3 is 6.09 Å². The molecule has 1 aliphatic rings. The third kappa shape index (κ3) is 8.89. The Balaban J connectivity index is 0.000000479. The highest BCUT2D eigenvalue weighted by atomic mass is 16.6. The molecule has 1 unspecified atom stereocenters. The maximum Gasteiger partial charge on any atom is 0.410 e. The molecule has 0 bridgehead atoms. The first-order valence-corrected chi connectivity index (χ1v) is 12.7. The fourth-order valence-corrected chi connectivity index (χ4v) is 4.18. The number of amides is 1. The van der Waals surface area contributed by atoms with Gasteiger partial charge < -0.3 is 14.4 Å². The number of para-hydroxylation sites is 1. The molecule has 0 spiro atoms. The van der Waals surface area contributed by atoms with Crippen molar-refractivity contribution in [2.75, 3.05) is 19.6 Å². The molecule has 8 nitrogen and oxygen atoms in total. The SMILES string of the molecule is CC(C)(C)OC(=O)N1CCN(Cc2ccccc2)CC1Cc1n[nH]c2ccccc12.CC(C)(C)OC=O. The summed E-state index contributed by atoms with van der Waals surface area (Å²) >= 11 is 0. The summed E-state index contributed by atoms with van der Waals surface area (Å²) in [7, 11) is 0. The number of ether oxygens (including phenoxy) is 2. The molecule has 0 aliphatic carbocycles. The molecular weight excluding hydrogens is 468 g/mol. The van der Waals surface area contributed by atoms with Gasteiger partial charge in [-0.05, 0) is 53.2 Å². The van der Waals surface area contributed by atoms with Gasteiger partial charge in [0.1, 0.15) is 11.2 Å². The first-order chi connectivity index (χ1) is 17.4. The topological polar surface area (TPSA) is 87.8 Å². The lowest BCUT2D eigenvalue weighted by Gasteiger charge is -2.41. The molecule has 4 rings (SSSR count). The number of H-pyrrole nitrogens is 1. The summed E-state index contributed by atoms with van der Waals surface area (Å²) in [6.07, 6.45) is 0.445. The zero-order valence-electron chi connectivity index (χ0n) is 22.9. The quantitative estimate of drug-likeness (QED) is 0.478. The van der Waals surface area contributed by atoms with Crippen molar-refractivity contribution in [2.24, 2.45) is 0 Å². The summed E-state index contributed by atoms with van der Waals surface area (Å²) in [5, 5.41) is 8.77. The number of rotatable bonds is 5. The van der Waals surface area contributed by atoms with Gasteiger partial charge in [-0.25, -0.2) is 4.79 Å². The van der Waals surface area contributed by atoms with Crippen LogP contribution in [-0.4, -0.2) is 69.4 Å². The van der Waals surface area contributed by atoms with Gasteiger partial charge in [-0.3, -0.25) is 14.8 Å². The molecule has 1 aliphatic heterocycles. The fourth-order valence-electron chi connectivity index (χ4n) is 4.18. The number of piperazine rings is 1. The molecule has 3 aromatic rings. The van der Waals surface area contributed by atoms with Gasteiger partial charge in [0.2, 0.25) is 0 Å². The molecule has 1 saturated heterocycles. The molecule has 1 atom stereocenters. The predicted molar refractivity (Wildman–Crippen MR) is 145 cm³/mol. The molecule has 200 valence electrons. The van der Waals surface area contributed by atoms with Crippen LogP contribution in [0.1, 0.15) is 52.8 Å². The normalized spacial score (nSPS) is 16.6. The van der Waals surface area contributed by atoms with E-state index in [1.54, 1.807) is 0 Å². The van der Waals surface area contributed by atoms with Crippen molar-refractivity contribution >= 4 is 23.5 Å². The van der Waals surface area contributed by atoms with E-state index in [2.05, 4.69) is 50.2 Å². The zero-order chi connectivity index (χ0) is 27.1. The van der Waals surface area contributed by atoms with Gasteiger partial charge in [0, 0.05) is 38.0 Å². The zero-order valence-corrected chi connectivity index (χ0v) is 22.9. The van der Waals surface area contributed by atoms with E-state index in [1.165, 1.54) is 5.56 Å². The summed E-state index contributed by atoms with van der Waals surface area (Å²) in [5.41, 5.74) is 2.47. The highest BCUT2D eigenvalue weighted by molar-refractivity contribution is 5.81. The lowest BCUT2D eigenvalue weighted by molar-refractivity contribution is -0.138. The number of fused-ring (bicyclic) bond motifs is 1. The first kappa shape index (κ1) is 28.2. The van der Waals surface area contributed by atoms with Crippen LogP contribution in [0.5, 0.6) is 0 Å². The van der Waals surface area contributed by atoms with Crippen molar-refractivity contribution in [3.05, 3.63) is 65.9 Å². The van der Waals surface area contributed by atoms with Crippen LogP contribution < -0.4 is 0 Å². The van der Waals surface area contributed by atoms with Gasteiger partial charge in [-0.15, -0.1) is 0 Å². The predicted octanol–water partition coefficient (Wildman–Crippen LogP) is 5.18. The fraction of sp³-hybridized carbons (Fsp3) is 0.483. The third-order valence-electron chi connectivity index (χ3n) is 5.82. The van der Waals surface area contributed by atoms with Crippen molar-refractivity contribution in [1.82, 2.24) is 20.0 Å². The molecule has 1 amide bonds. The maximum atomic E-state index is 12.9. The van der Waals surface area contributed by atoms with Crippen LogP contribution in [-0.2, 0) is 27.2 Å². The maximum absolute atomic E-state index is 12.9. The van der Waals surface area contributed by atoms with Crippen LogP contribution in [0, 0.1) is 0 Å². The van der Waals surface area contributed by atoms with Crippen molar-refractivity contribution in [3.63, 3.8) is 0 Å². The van der Waals surface area contributed by atoms with E-state index in [4.69, 9.17) is 4.74 Å². The van der Waals surface area contributed by atoms with Gasteiger partial charge in [0.15, 0.2) is 0 Å². The van der Waals surface area contributed by atoms with E-state index >= 15 is 0 Å². The molecule has 2 aromatic carbocycles. The average Bonchev–Trinajstić information content (AvgIpc) is 3.21. The Morgan fingerprint density at radius 1 is 1.00 bits per heavy atom. The van der Waals surface area contributed by atoms with E-state index in [1.807, 2.05) is 70.7 Å². The number of aromatic nitrogens is 2. The minimum Gasteiger partial charge on any atom is -0.462 e. The molecule has 0 radical (unpaired) electrons. The number of nitrogens with zero attached hydrogens (tertiary/aromatic N) is 3. The monoisotopic (exact) mass is 508 g/mol. The highest BCUT2D eigenvalue weighted by Crippen LogP contribution is 2.23. The number of benzene rings is 2. The smallest absolute Gasteiger partial charge is 0.410 e. The molecule has 1 fully saturated rings. The van der Waals surface area contributed by atoms with Crippen molar-refractivity contribution in [3.8, 4) is 0 Å². The lowest BCUT2D eigenvalue weighted by Crippen LogP contribution is -2.56. The highest BCUT2D eigenvalue weighted by Gasteiger charge is 2.34. The summed E-state index contributed by atoms with van der Waals surface area (Å²) in [6.45, 7) is 14.8. The third-order valence-corrected chi connectivity index (χ3v) is 5.82. The van der Waals surface area contributed by atoms with Crippen LogP contribution in [0.2, 0.25) is 0 Å². The van der Waals surface area contributed by atoms with Crippen LogP contribution in [0.15, 0.2) is 54.6 Å². The van der Waals surface area contributed by atoms with Crippen LogP contribution in [0.4, 0.5) is 4.79 Å². The second-order valence-corrected chi connectivity index (χ2v) is 11.3. The number of nitrogens with one attached hydrogen (secondary N) is 1. The van der Waals surface area contributed by atoms with Crippen LogP contribution >= 0.6 is 0 Å². The number of carbonyl (C=O) groups is 2. The first-order valence-electron chi connectivity index (χ1n) is 12.7. The summed E-state index contributed by atoms with van der Waals surface area (Å²) in [4.78, 5) is 26.8. The second kappa shape index (κ2) is 12.2. The van der Waals surface area contributed by atoms with Gasteiger partial charge in [0.05, 0.1) is 17.3 Å². The Kier molecular flexibility index (Phi) is 9.32. The van der Waals surface area contributed by atoms with E-state index < -0.39 is 5.60 Å². The Hall–Kier alpha value is -3.39. The Labute approximate surface area is 219 Å². The number of hydrogen-bond donors (Lipinski definition) is 1.